The van der Waals surface area contributed by atoms with E-state index in [0.29, 0.717) is 0 Å². The number of Topliss-reactive ketones (excluding diaryl/α,β-unsaturated/α-hetero) is 1. The molecule has 0 amide bonds. The Balaban J connectivity index is 1.95. The molecule has 0 aromatic heterocycles. The number of halogens is 1. The van der Waals surface area contributed by atoms with Crippen LogP contribution in [0, 0.1) is 24.1 Å². The van der Waals surface area contributed by atoms with Gasteiger partial charge in [-0.1, -0.05) is 29.8 Å². The summed E-state index contributed by atoms with van der Waals surface area (Å²) in [5.74, 6) is -3.13. The van der Waals surface area contributed by atoms with Gasteiger partial charge in [0, 0.05) is 24.3 Å². The standard InChI is InChI=1S/C24H25FO6/c1-15-4-6-17(7-5-15)21-13-24(22(27)29-2,23(28)30-3)18(14-31-21)12-20(26)16-8-10-19(25)11-9-16/h4-11,18,21H,12-14H2,1-3H3/t18-,21-/m1/s1. The Morgan fingerprint density at radius 1 is 1.00 bits per heavy atom. The first-order chi connectivity index (χ1) is 14.8. The second-order valence-electron chi connectivity index (χ2n) is 7.72. The number of aryl methyl sites for hydroxylation is 1. The molecule has 0 bridgehead atoms. The Labute approximate surface area is 180 Å². The highest BCUT2D eigenvalue weighted by molar-refractivity contribution is 6.02. The molecule has 1 heterocycles. The maximum absolute atomic E-state index is 13.2. The largest absolute Gasteiger partial charge is 0.468 e. The van der Waals surface area contributed by atoms with Crippen LogP contribution in [0.5, 0.6) is 0 Å². The number of carbonyl (C=O) groups is 3. The fourth-order valence-electron chi connectivity index (χ4n) is 4.05. The van der Waals surface area contributed by atoms with Crippen molar-refractivity contribution >= 4 is 17.7 Å². The van der Waals surface area contributed by atoms with Crippen molar-refractivity contribution < 1.29 is 33.0 Å². The first-order valence-electron chi connectivity index (χ1n) is 9.95. The van der Waals surface area contributed by atoms with Gasteiger partial charge < -0.3 is 14.2 Å². The fourth-order valence-corrected chi connectivity index (χ4v) is 4.05. The van der Waals surface area contributed by atoms with Crippen molar-refractivity contribution in [3.05, 3.63) is 71.0 Å². The van der Waals surface area contributed by atoms with Gasteiger partial charge in [-0.05, 0) is 36.8 Å². The number of benzene rings is 2. The zero-order valence-corrected chi connectivity index (χ0v) is 17.7. The lowest BCUT2D eigenvalue weighted by Crippen LogP contribution is -2.53. The smallest absolute Gasteiger partial charge is 0.323 e. The molecule has 31 heavy (non-hydrogen) atoms. The molecule has 0 saturated carbocycles. The maximum Gasteiger partial charge on any atom is 0.323 e. The summed E-state index contributed by atoms with van der Waals surface area (Å²) in [7, 11) is 2.39. The van der Waals surface area contributed by atoms with E-state index < -0.39 is 35.2 Å². The van der Waals surface area contributed by atoms with Gasteiger partial charge in [-0.25, -0.2) is 4.39 Å². The summed E-state index contributed by atoms with van der Waals surface area (Å²) in [6, 6.07) is 12.7. The van der Waals surface area contributed by atoms with Crippen LogP contribution in [0.4, 0.5) is 4.39 Å². The predicted octanol–water partition coefficient (Wildman–Crippen LogP) is 3.82. The molecule has 1 saturated heterocycles. The molecule has 7 heteroatoms. The van der Waals surface area contributed by atoms with E-state index in [2.05, 4.69) is 0 Å². The highest BCUT2D eigenvalue weighted by Crippen LogP contribution is 2.47. The molecule has 0 N–H and O–H groups in total. The van der Waals surface area contributed by atoms with E-state index in [1.807, 2.05) is 31.2 Å². The van der Waals surface area contributed by atoms with Crippen molar-refractivity contribution in [3.63, 3.8) is 0 Å². The van der Waals surface area contributed by atoms with Crippen molar-refractivity contribution in [1.29, 1.82) is 0 Å². The Hall–Kier alpha value is -3.06. The summed E-state index contributed by atoms with van der Waals surface area (Å²) in [5, 5.41) is 0. The molecule has 6 nitrogen and oxygen atoms in total. The van der Waals surface area contributed by atoms with Crippen molar-refractivity contribution in [2.75, 3.05) is 20.8 Å². The number of hydrogen-bond donors (Lipinski definition) is 0. The summed E-state index contributed by atoms with van der Waals surface area (Å²) >= 11 is 0. The number of ether oxygens (including phenoxy) is 3. The molecule has 0 unspecified atom stereocenters. The quantitative estimate of drug-likeness (QED) is 0.395. The Morgan fingerprint density at radius 2 is 1.58 bits per heavy atom. The van der Waals surface area contributed by atoms with Gasteiger partial charge in [-0.2, -0.15) is 0 Å². The topological polar surface area (TPSA) is 78.9 Å². The summed E-state index contributed by atoms with van der Waals surface area (Å²) in [6.45, 7) is 1.94. The molecule has 1 aliphatic rings. The number of ketones is 1. The van der Waals surface area contributed by atoms with Crippen molar-refractivity contribution in [1.82, 2.24) is 0 Å². The number of carbonyl (C=O) groups excluding carboxylic acids is 3. The van der Waals surface area contributed by atoms with E-state index >= 15 is 0 Å². The summed E-state index contributed by atoms with van der Waals surface area (Å²) < 4.78 is 29.2. The van der Waals surface area contributed by atoms with Crippen LogP contribution in [0.2, 0.25) is 0 Å². The van der Waals surface area contributed by atoms with Crippen LogP contribution in [-0.2, 0) is 23.8 Å². The minimum absolute atomic E-state index is 0.0171. The Morgan fingerprint density at radius 3 is 2.13 bits per heavy atom. The minimum atomic E-state index is -1.70. The van der Waals surface area contributed by atoms with E-state index in [-0.39, 0.29) is 30.8 Å². The minimum Gasteiger partial charge on any atom is -0.468 e. The molecule has 2 aromatic rings. The van der Waals surface area contributed by atoms with E-state index in [1.165, 1.54) is 38.5 Å². The maximum atomic E-state index is 13.2. The van der Waals surface area contributed by atoms with E-state index in [4.69, 9.17) is 14.2 Å². The van der Waals surface area contributed by atoms with Crippen molar-refractivity contribution in [2.24, 2.45) is 11.3 Å². The van der Waals surface area contributed by atoms with Gasteiger partial charge in [0.15, 0.2) is 11.2 Å². The average molecular weight is 428 g/mol. The molecule has 0 radical (unpaired) electrons. The van der Waals surface area contributed by atoms with Crippen LogP contribution in [0.3, 0.4) is 0 Å². The molecule has 1 aliphatic heterocycles. The van der Waals surface area contributed by atoms with Crippen molar-refractivity contribution in [2.45, 2.75) is 25.9 Å². The Kier molecular flexibility index (Phi) is 6.85. The lowest BCUT2D eigenvalue weighted by atomic mass is 9.67. The highest BCUT2D eigenvalue weighted by Gasteiger charge is 2.58. The van der Waals surface area contributed by atoms with Crippen LogP contribution >= 0.6 is 0 Å². The monoisotopic (exact) mass is 428 g/mol. The lowest BCUT2D eigenvalue weighted by molar-refractivity contribution is -0.189. The van der Waals surface area contributed by atoms with Crippen LogP contribution < -0.4 is 0 Å². The SMILES string of the molecule is COC(=O)C1(C(=O)OC)C[C@H](c2ccc(C)cc2)OC[C@H]1CC(=O)c1ccc(F)cc1. The normalized spacial score (nSPS) is 20.0. The molecule has 0 aliphatic carbocycles. The fraction of sp³-hybridized carbons (Fsp3) is 0.375. The van der Waals surface area contributed by atoms with Gasteiger partial charge in [0.2, 0.25) is 0 Å². The molecule has 2 aromatic carbocycles. The Bertz CT molecular complexity index is 935. The van der Waals surface area contributed by atoms with Crippen LogP contribution in [0.1, 0.15) is 40.4 Å². The van der Waals surface area contributed by atoms with Gasteiger partial charge in [-0.15, -0.1) is 0 Å². The van der Waals surface area contributed by atoms with Crippen LogP contribution in [-0.4, -0.2) is 38.5 Å². The van der Waals surface area contributed by atoms with Gasteiger partial charge in [0.1, 0.15) is 5.82 Å². The molecular weight excluding hydrogens is 403 g/mol. The summed E-state index contributed by atoms with van der Waals surface area (Å²) in [5.41, 5.74) is 0.457. The van der Waals surface area contributed by atoms with E-state index in [1.54, 1.807) is 0 Å². The zero-order chi connectivity index (χ0) is 22.6. The second-order valence-corrected chi connectivity index (χ2v) is 7.72. The summed E-state index contributed by atoms with van der Waals surface area (Å²) in [4.78, 5) is 38.7. The summed E-state index contributed by atoms with van der Waals surface area (Å²) in [6.07, 6.45) is -0.719. The molecule has 3 rings (SSSR count). The third kappa shape index (κ3) is 4.51. The third-order valence-electron chi connectivity index (χ3n) is 5.85. The van der Waals surface area contributed by atoms with Gasteiger partial charge in [0.05, 0.1) is 26.9 Å². The van der Waals surface area contributed by atoms with Crippen molar-refractivity contribution in [3.8, 4) is 0 Å². The van der Waals surface area contributed by atoms with E-state index in [0.717, 1.165) is 11.1 Å². The number of methoxy groups -OCH3 is 2. The molecule has 164 valence electrons. The zero-order valence-electron chi connectivity index (χ0n) is 17.7. The van der Waals surface area contributed by atoms with Gasteiger partial charge in [0.25, 0.3) is 0 Å². The molecular formula is C24H25FO6. The van der Waals surface area contributed by atoms with Gasteiger partial charge in [-0.3, -0.25) is 14.4 Å². The van der Waals surface area contributed by atoms with Gasteiger partial charge >= 0.3 is 11.9 Å². The molecule has 1 fully saturated rings. The first-order valence-corrected chi connectivity index (χ1v) is 9.95. The lowest BCUT2D eigenvalue weighted by Gasteiger charge is -2.42. The molecule has 0 spiro atoms. The number of hydrogen-bond acceptors (Lipinski definition) is 6. The van der Waals surface area contributed by atoms with E-state index in [9.17, 15) is 18.8 Å². The number of rotatable bonds is 6. The average Bonchev–Trinajstić information content (AvgIpc) is 2.79. The van der Waals surface area contributed by atoms with Crippen LogP contribution in [0.25, 0.3) is 0 Å². The predicted molar refractivity (Wildman–Crippen MR) is 110 cm³/mol. The third-order valence-corrected chi connectivity index (χ3v) is 5.85. The van der Waals surface area contributed by atoms with Crippen LogP contribution in [0.15, 0.2) is 48.5 Å². The second kappa shape index (κ2) is 9.39. The molecule has 2 atom stereocenters. The highest BCUT2D eigenvalue weighted by atomic mass is 19.1. The first kappa shape index (κ1) is 22.6. The number of esters is 2.